The van der Waals surface area contributed by atoms with Crippen LogP contribution >= 0.6 is 0 Å². The number of hydrogen-bond donors (Lipinski definition) is 2. The number of nitro groups is 1. The Morgan fingerprint density at radius 3 is 2.60 bits per heavy atom. The molecule has 1 heterocycles. The standard InChI is InChI=1S/C23H20N4O3/c1-14-15(2)22(27(28)29)10-9-19(14)23-11-8-18(30-23)12-17(13-24)16(3)26-21-7-5-4-6-20(21)25/h4-12,26H,3,25H2,1-2H3. The van der Waals surface area contributed by atoms with E-state index in [1.807, 2.05) is 19.1 Å². The first-order chi connectivity index (χ1) is 14.3. The largest absolute Gasteiger partial charge is 0.457 e. The summed E-state index contributed by atoms with van der Waals surface area (Å²) in [6, 6.07) is 15.9. The molecule has 0 saturated carbocycles. The van der Waals surface area contributed by atoms with Crippen molar-refractivity contribution in [2.45, 2.75) is 13.8 Å². The van der Waals surface area contributed by atoms with E-state index in [2.05, 4.69) is 18.0 Å². The SMILES string of the molecule is C=C(Nc1ccccc1N)C(C#N)=Cc1ccc(-c2ccc([N+](=O)[O-])c(C)c2C)o1. The number of anilines is 2. The van der Waals surface area contributed by atoms with Crippen molar-refractivity contribution in [3.05, 3.63) is 93.4 Å². The fourth-order valence-electron chi connectivity index (χ4n) is 3.02. The highest BCUT2D eigenvalue weighted by Crippen LogP contribution is 2.32. The molecule has 0 atom stereocenters. The summed E-state index contributed by atoms with van der Waals surface area (Å²) in [6.45, 7) is 7.43. The lowest BCUT2D eigenvalue weighted by molar-refractivity contribution is -0.385. The first-order valence-electron chi connectivity index (χ1n) is 9.09. The molecule has 3 aromatic rings. The summed E-state index contributed by atoms with van der Waals surface area (Å²) in [4.78, 5) is 10.7. The molecule has 7 nitrogen and oxygen atoms in total. The van der Waals surface area contributed by atoms with Crippen molar-refractivity contribution >= 4 is 23.1 Å². The third-order valence-electron chi connectivity index (χ3n) is 4.83. The Hall–Kier alpha value is -4.31. The van der Waals surface area contributed by atoms with Crippen molar-refractivity contribution in [2.75, 3.05) is 11.1 Å². The normalized spacial score (nSPS) is 11.0. The molecule has 0 aliphatic heterocycles. The molecule has 3 N–H and O–H groups in total. The topological polar surface area (TPSA) is 118 Å². The zero-order chi connectivity index (χ0) is 21.8. The Balaban J connectivity index is 1.88. The Morgan fingerprint density at radius 1 is 1.20 bits per heavy atom. The van der Waals surface area contributed by atoms with Crippen molar-refractivity contribution in [3.63, 3.8) is 0 Å². The number of nitrogens with zero attached hydrogens (tertiary/aromatic N) is 2. The maximum absolute atomic E-state index is 11.1. The van der Waals surface area contributed by atoms with E-state index in [1.165, 1.54) is 6.07 Å². The highest BCUT2D eigenvalue weighted by Gasteiger charge is 2.17. The molecule has 0 aliphatic carbocycles. The third kappa shape index (κ3) is 4.08. The van der Waals surface area contributed by atoms with Crippen LogP contribution in [0.25, 0.3) is 17.4 Å². The first kappa shape index (κ1) is 20.4. The van der Waals surface area contributed by atoms with Gasteiger partial charge in [0, 0.05) is 29.0 Å². The molecule has 30 heavy (non-hydrogen) atoms. The van der Waals surface area contributed by atoms with Crippen molar-refractivity contribution < 1.29 is 9.34 Å². The first-order valence-corrected chi connectivity index (χ1v) is 9.09. The van der Waals surface area contributed by atoms with Gasteiger partial charge in [-0.3, -0.25) is 10.1 Å². The summed E-state index contributed by atoms with van der Waals surface area (Å²) in [5, 5.41) is 23.7. The van der Waals surface area contributed by atoms with Gasteiger partial charge in [-0.15, -0.1) is 0 Å². The van der Waals surface area contributed by atoms with E-state index in [4.69, 9.17) is 10.2 Å². The molecule has 0 bridgehead atoms. The van der Waals surface area contributed by atoms with Crippen LogP contribution in [0.15, 0.2) is 70.8 Å². The summed E-state index contributed by atoms with van der Waals surface area (Å²) >= 11 is 0. The van der Waals surface area contributed by atoms with Crippen LogP contribution in [0.4, 0.5) is 17.1 Å². The van der Waals surface area contributed by atoms with Crippen LogP contribution in [0.3, 0.4) is 0 Å². The minimum Gasteiger partial charge on any atom is -0.457 e. The number of nitrogens with one attached hydrogen (secondary N) is 1. The number of allylic oxidation sites excluding steroid dienone is 1. The summed E-state index contributed by atoms with van der Waals surface area (Å²) in [5.74, 6) is 1.01. The molecule has 0 unspecified atom stereocenters. The van der Waals surface area contributed by atoms with Gasteiger partial charge < -0.3 is 15.5 Å². The van der Waals surface area contributed by atoms with Gasteiger partial charge in [0.2, 0.25) is 0 Å². The lowest BCUT2D eigenvalue weighted by Gasteiger charge is -2.10. The number of furan rings is 1. The number of nitriles is 1. The second kappa shape index (κ2) is 8.37. The minimum atomic E-state index is -0.403. The molecule has 0 saturated heterocycles. The highest BCUT2D eigenvalue weighted by molar-refractivity contribution is 5.73. The van der Waals surface area contributed by atoms with Crippen LogP contribution in [0.2, 0.25) is 0 Å². The van der Waals surface area contributed by atoms with Gasteiger partial charge in [0.15, 0.2) is 0 Å². The molecule has 0 radical (unpaired) electrons. The molecule has 1 aromatic heterocycles. The predicted octanol–water partition coefficient (Wildman–Crippen LogP) is 5.59. The quantitative estimate of drug-likeness (QED) is 0.183. The fraction of sp³-hybridized carbons (Fsp3) is 0.0870. The monoisotopic (exact) mass is 400 g/mol. The summed E-state index contributed by atoms with van der Waals surface area (Å²) in [6.07, 6.45) is 1.57. The molecule has 3 rings (SSSR count). The van der Waals surface area contributed by atoms with Crippen LogP contribution < -0.4 is 11.1 Å². The second-order valence-electron chi connectivity index (χ2n) is 6.70. The Bertz CT molecular complexity index is 1220. The van der Waals surface area contributed by atoms with Crippen molar-refractivity contribution in [1.29, 1.82) is 5.26 Å². The number of rotatable bonds is 6. The van der Waals surface area contributed by atoms with E-state index in [-0.39, 0.29) is 11.3 Å². The minimum absolute atomic E-state index is 0.0669. The number of hydrogen-bond acceptors (Lipinski definition) is 6. The molecule has 0 spiro atoms. The van der Waals surface area contributed by atoms with Gasteiger partial charge in [-0.25, -0.2) is 0 Å². The van der Waals surface area contributed by atoms with E-state index in [0.717, 1.165) is 11.1 Å². The van der Waals surface area contributed by atoms with E-state index < -0.39 is 4.92 Å². The fourth-order valence-corrected chi connectivity index (χ4v) is 3.02. The second-order valence-corrected chi connectivity index (χ2v) is 6.70. The molecule has 150 valence electrons. The molecule has 0 amide bonds. The number of nitro benzene ring substituents is 1. The zero-order valence-corrected chi connectivity index (χ0v) is 16.6. The molecule has 0 fully saturated rings. The van der Waals surface area contributed by atoms with Gasteiger partial charge in [-0.2, -0.15) is 5.26 Å². The van der Waals surface area contributed by atoms with Gasteiger partial charge in [-0.05, 0) is 49.7 Å². The lowest BCUT2D eigenvalue weighted by Crippen LogP contribution is -2.02. The Labute approximate surface area is 173 Å². The predicted molar refractivity (Wildman–Crippen MR) is 117 cm³/mol. The molecular weight excluding hydrogens is 380 g/mol. The number of nitrogens with two attached hydrogens (primary N) is 1. The van der Waals surface area contributed by atoms with Crippen LogP contribution in [0.5, 0.6) is 0 Å². The van der Waals surface area contributed by atoms with Crippen LogP contribution in [0, 0.1) is 35.3 Å². The van der Waals surface area contributed by atoms with Crippen molar-refractivity contribution in [2.24, 2.45) is 0 Å². The maximum atomic E-state index is 11.1. The smallest absolute Gasteiger partial charge is 0.272 e. The van der Waals surface area contributed by atoms with E-state index in [1.54, 1.807) is 43.3 Å². The number of benzene rings is 2. The molecule has 0 aliphatic rings. The Morgan fingerprint density at radius 2 is 1.93 bits per heavy atom. The third-order valence-corrected chi connectivity index (χ3v) is 4.83. The van der Waals surface area contributed by atoms with Crippen LogP contribution in [-0.4, -0.2) is 4.92 Å². The summed E-state index contributed by atoms with van der Waals surface area (Å²) in [7, 11) is 0. The van der Waals surface area contributed by atoms with Crippen molar-refractivity contribution in [1.82, 2.24) is 0 Å². The van der Waals surface area contributed by atoms with E-state index >= 15 is 0 Å². The van der Waals surface area contributed by atoms with Gasteiger partial charge in [0.05, 0.1) is 21.9 Å². The number of nitrogen functional groups attached to an aromatic ring is 1. The lowest BCUT2D eigenvalue weighted by atomic mass is 10.00. The van der Waals surface area contributed by atoms with E-state index in [9.17, 15) is 15.4 Å². The molecule has 7 heteroatoms. The van der Waals surface area contributed by atoms with Crippen LogP contribution in [-0.2, 0) is 0 Å². The van der Waals surface area contributed by atoms with Gasteiger partial charge in [-0.1, -0.05) is 18.7 Å². The van der Waals surface area contributed by atoms with Crippen LogP contribution in [0.1, 0.15) is 16.9 Å². The van der Waals surface area contributed by atoms with Gasteiger partial charge in [0.1, 0.15) is 17.6 Å². The van der Waals surface area contributed by atoms with E-state index in [0.29, 0.717) is 34.2 Å². The van der Waals surface area contributed by atoms with Gasteiger partial charge >= 0.3 is 0 Å². The highest BCUT2D eigenvalue weighted by atomic mass is 16.6. The zero-order valence-electron chi connectivity index (χ0n) is 16.6. The molecule has 2 aromatic carbocycles. The average Bonchev–Trinajstić information content (AvgIpc) is 3.17. The number of para-hydroxylation sites is 2. The molecular formula is C23H20N4O3. The van der Waals surface area contributed by atoms with Crippen molar-refractivity contribution in [3.8, 4) is 17.4 Å². The summed E-state index contributed by atoms with van der Waals surface area (Å²) in [5.41, 5.74) is 9.96. The Kier molecular flexibility index (Phi) is 5.70. The summed E-state index contributed by atoms with van der Waals surface area (Å²) < 4.78 is 5.87. The maximum Gasteiger partial charge on any atom is 0.272 e. The van der Waals surface area contributed by atoms with Gasteiger partial charge in [0.25, 0.3) is 5.69 Å². The average molecular weight is 400 g/mol.